The summed E-state index contributed by atoms with van der Waals surface area (Å²) < 4.78 is 10.9. The van der Waals surface area contributed by atoms with Crippen LogP contribution >= 0.6 is 11.8 Å². The van der Waals surface area contributed by atoms with Crippen LogP contribution in [0, 0.1) is 0 Å². The Morgan fingerprint density at radius 1 is 1.48 bits per heavy atom. The molecule has 0 aromatic heterocycles. The van der Waals surface area contributed by atoms with Crippen LogP contribution in [0.25, 0.3) is 0 Å². The van der Waals surface area contributed by atoms with E-state index in [1.165, 1.54) is 0 Å². The Hall–Kier alpha value is -0.260. The van der Waals surface area contributed by atoms with Gasteiger partial charge in [-0.1, -0.05) is 6.92 Å². The average molecular weight is 317 g/mol. The maximum atomic E-state index is 12.3. The summed E-state index contributed by atoms with van der Waals surface area (Å²) in [5, 5.41) is 4.30. The van der Waals surface area contributed by atoms with Crippen LogP contribution in [-0.2, 0) is 14.3 Å². The van der Waals surface area contributed by atoms with Crippen molar-refractivity contribution in [3.8, 4) is 0 Å². The van der Waals surface area contributed by atoms with Gasteiger partial charge in [-0.2, -0.15) is 11.8 Å². The molecular formula is C16H31NO3S. The number of thioether (sulfide) groups is 1. The van der Waals surface area contributed by atoms with E-state index in [1.807, 2.05) is 25.6 Å². The minimum atomic E-state index is -0.626. The number of ether oxygens (including phenoxy) is 2. The van der Waals surface area contributed by atoms with E-state index in [9.17, 15) is 4.79 Å². The largest absolute Gasteiger partial charge is 0.465 e. The Balaban J connectivity index is 2.64. The molecule has 1 aliphatic rings. The van der Waals surface area contributed by atoms with Crippen LogP contribution < -0.4 is 5.32 Å². The molecule has 124 valence electrons. The fourth-order valence-corrected chi connectivity index (χ4v) is 4.50. The van der Waals surface area contributed by atoms with E-state index in [-0.39, 0.29) is 12.0 Å². The first-order valence-electron chi connectivity index (χ1n) is 8.00. The second-order valence-corrected chi connectivity index (χ2v) is 8.09. The Kier molecular flexibility index (Phi) is 7.51. The van der Waals surface area contributed by atoms with Gasteiger partial charge in [-0.3, -0.25) is 10.1 Å². The lowest BCUT2D eigenvalue weighted by Gasteiger charge is -2.33. The molecule has 0 saturated carbocycles. The van der Waals surface area contributed by atoms with Crippen molar-refractivity contribution in [2.24, 2.45) is 0 Å². The summed E-state index contributed by atoms with van der Waals surface area (Å²) in [6.07, 6.45) is 2.17. The van der Waals surface area contributed by atoms with Gasteiger partial charge in [0.05, 0.1) is 12.7 Å². The van der Waals surface area contributed by atoms with E-state index in [1.54, 1.807) is 0 Å². The zero-order valence-corrected chi connectivity index (χ0v) is 15.1. The highest BCUT2D eigenvalue weighted by molar-refractivity contribution is 8.00. The molecule has 1 aliphatic heterocycles. The molecule has 0 bridgehead atoms. The summed E-state index contributed by atoms with van der Waals surface area (Å²) in [7, 11) is 0. The maximum Gasteiger partial charge on any atom is 0.326 e. The molecule has 0 spiro atoms. The van der Waals surface area contributed by atoms with Gasteiger partial charge in [-0.25, -0.2) is 0 Å². The summed E-state index contributed by atoms with van der Waals surface area (Å²) in [6, 6.07) is 0.241. The molecule has 0 amide bonds. The summed E-state index contributed by atoms with van der Waals surface area (Å²) in [4.78, 5) is 12.3. The first-order valence-corrected chi connectivity index (χ1v) is 8.94. The predicted molar refractivity (Wildman–Crippen MR) is 88.8 cm³/mol. The molecule has 4 unspecified atom stereocenters. The second kappa shape index (κ2) is 8.39. The fourth-order valence-electron chi connectivity index (χ4n) is 2.94. The minimum absolute atomic E-state index is 0.151. The number of hydrogen-bond donors (Lipinski definition) is 1. The van der Waals surface area contributed by atoms with E-state index in [0.717, 1.165) is 19.4 Å². The van der Waals surface area contributed by atoms with Crippen LogP contribution in [0.3, 0.4) is 0 Å². The lowest BCUT2D eigenvalue weighted by molar-refractivity contribution is -0.151. The monoisotopic (exact) mass is 317 g/mol. The van der Waals surface area contributed by atoms with E-state index in [4.69, 9.17) is 9.47 Å². The SMILES string of the molecule is CCOC(=O)C(C)(CC(C)SC1CCOC1C)NC(C)C. The maximum absolute atomic E-state index is 12.3. The number of rotatable bonds is 8. The number of nitrogens with one attached hydrogen (secondary N) is 1. The molecule has 0 aromatic carbocycles. The Bertz CT molecular complexity index is 337. The van der Waals surface area contributed by atoms with Crippen molar-refractivity contribution < 1.29 is 14.3 Å². The number of esters is 1. The van der Waals surface area contributed by atoms with Crippen LogP contribution in [0.2, 0.25) is 0 Å². The first kappa shape index (κ1) is 18.8. The Morgan fingerprint density at radius 2 is 2.14 bits per heavy atom. The zero-order valence-electron chi connectivity index (χ0n) is 14.3. The van der Waals surface area contributed by atoms with Crippen molar-refractivity contribution in [2.45, 2.75) is 82.6 Å². The predicted octanol–water partition coefficient (Wildman–Crippen LogP) is 3.00. The first-order chi connectivity index (χ1) is 9.78. The highest BCUT2D eigenvalue weighted by Crippen LogP contribution is 2.33. The van der Waals surface area contributed by atoms with Crippen molar-refractivity contribution in [3.63, 3.8) is 0 Å². The topological polar surface area (TPSA) is 47.6 Å². The van der Waals surface area contributed by atoms with Gasteiger partial charge < -0.3 is 9.47 Å². The van der Waals surface area contributed by atoms with Crippen LogP contribution in [0.4, 0.5) is 0 Å². The third-order valence-corrected chi connectivity index (χ3v) is 5.34. The molecule has 1 heterocycles. The molecule has 0 aliphatic carbocycles. The van der Waals surface area contributed by atoms with Crippen molar-refractivity contribution in [1.82, 2.24) is 5.32 Å². The molecule has 1 N–H and O–H groups in total. The fraction of sp³-hybridized carbons (Fsp3) is 0.938. The van der Waals surface area contributed by atoms with Gasteiger partial charge in [0.15, 0.2) is 0 Å². The molecule has 5 heteroatoms. The number of hydrogen-bond acceptors (Lipinski definition) is 5. The standard InChI is InChI=1S/C16H31NO3S/c1-7-19-15(18)16(6,17-11(2)3)10-12(4)21-14-8-9-20-13(14)5/h11-14,17H,7-10H2,1-6H3. The molecule has 21 heavy (non-hydrogen) atoms. The highest BCUT2D eigenvalue weighted by atomic mass is 32.2. The van der Waals surface area contributed by atoms with Gasteiger partial charge in [-0.05, 0) is 47.5 Å². The molecule has 0 aromatic rings. The van der Waals surface area contributed by atoms with E-state index >= 15 is 0 Å². The van der Waals surface area contributed by atoms with E-state index in [2.05, 4.69) is 33.0 Å². The summed E-state index contributed by atoms with van der Waals surface area (Å²) in [5.41, 5.74) is -0.626. The molecule has 4 atom stereocenters. The molecule has 0 radical (unpaired) electrons. The summed E-state index contributed by atoms with van der Waals surface area (Å²) in [6.45, 7) is 13.5. The van der Waals surface area contributed by atoms with Crippen molar-refractivity contribution in [2.75, 3.05) is 13.2 Å². The Labute approximate surface area is 133 Å². The molecular weight excluding hydrogens is 286 g/mol. The molecule has 4 nitrogen and oxygen atoms in total. The molecule has 1 rings (SSSR count). The summed E-state index contributed by atoms with van der Waals surface area (Å²) >= 11 is 1.93. The van der Waals surface area contributed by atoms with E-state index < -0.39 is 5.54 Å². The second-order valence-electron chi connectivity index (χ2n) is 6.41. The van der Waals surface area contributed by atoms with Gasteiger partial charge in [-0.15, -0.1) is 0 Å². The van der Waals surface area contributed by atoms with Crippen molar-refractivity contribution in [3.05, 3.63) is 0 Å². The molecule has 1 saturated heterocycles. The molecule has 1 fully saturated rings. The summed E-state index contributed by atoms with van der Waals surface area (Å²) in [5.74, 6) is -0.151. The van der Waals surface area contributed by atoms with Crippen LogP contribution in [-0.4, -0.2) is 47.4 Å². The van der Waals surface area contributed by atoms with Gasteiger partial charge >= 0.3 is 5.97 Å². The lowest BCUT2D eigenvalue weighted by Crippen LogP contribution is -2.54. The minimum Gasteiger partial charge on any atom is -0.465 e. The van der Waals surface area contributed by atoms with Crippen LogP contribution in [0.5, 0.6) is 0 Å². The third-order valence-electron chi connectivity index (χ3n) is 3.74. The highest BCUT2D eigenvalue weighted by Gasteiger charge is 2.38. The van der Waals surface area contributed by atoms with Gasteiger partial charge in [0, 0.05) is 23.1 Å². The normalized spacial score (nSPS) is 26.6. The quantitative estimate of drug-likeness (QED) is 0.697. The van der Waals surface area contributed by atoms with E-state index in [0.29, 0.717) is 23.2 Å². The average Bonchev–Trinajstić information content (AvgIpc) is 2.73. The van der Waals surface area contributed by atoms with Crippen LogP contribution in [0.1, 0.15) is 54.4 Å². The van der Waals surface area contributed by atoms with Crippen molar-refractivity contribution in [1.29, 1.82) is 0 Å². The van der Waals surface area contributed by atoms with Gasteiger partial charge in [0.2, 0.25) is 0 Å². The van der Waals surface area contributed by atoms with Crippen molar-refractivity contribution >= 4 is 17.7 Å². The number of carbonyl (C=O) groups excluding carboxylic acids is 1. The number of carbonyl (C=O) groups is 1. The Morgan fingerprint density at radius 3 is 2.62 bits per heavy atom. The zero-order chi connectivity index (χ0) is 16.0. The lowest BCUT2D eigenvalue weighted by atomic mass is 9.95. The van der Waals surface area contributed by atoms with Gasteiger partial charge in [0.25, 0.3) is 0 Å². The van der Waals surface area contributed by atoms with Crippen LogP contribution in [0.15, 0.2) is 0 Å². The van der Waals surface area contributed by atoms with Gasteiger partial charge in [0.1, 0.15) is 5.54 Å². The third kappa shape index (κ3) is 5.80. The smallest absolute Gasteiger partial charge is 0.326 e.